The zero-order valence-corrected chi connectivity index (χ0v) is 7.79. The molecule has 0 saturated carbocycles. The number of carboxylic acid groups (broad SMARTS) is 1. The molecular formula is C10H7F2NO2. The Morgan fingerprint density at radius 2 is 2.00 bits per heavy atom. The second-order valence-electron chi connectivity index (χ2n) is 3.22. The van der Waals surface area contributed by atoms with Gasteiger partial charge in [0.1, 0.15) is 17.3 Å². The van der Waals surface area contributed by atoms with Crippen LogP contribution in [-0.2, 0) is 7.05 Å². The zero-order chi connectivity index (χ0) is 11.2. The minimum Gasteiger partial charge on any atom is -0.477 e. The normalized spacial score (nSPS) is 10.9. The Bertz CT molecular complexity index is 560. The third kappa shape index (κ3) is 1.36. The van der Waals surface area contributed by atoms with Gasteiger partial charge in [-0.25, -0.2) is 13.6 Å². The molecule has 0 unspecified atom stereocenters. The van der Waals surface area contributed by atoms with E-state index in [9.17, 15) is 13.6 Å². The quantitative estimate of drug-likeness (QED) is 0.785. The number of carboxylic acids is 1. The maximum Gasteiger partial charge on any atom is 0.352 e. The SMILES string of the molecule is Cn1c(C(=O)O)cc2cc(F)cc(F)c21. The van der Waals surface area contributed by atoms with E-state index in [0.717, 1.165) is 12.1 Å². The molecule has 0 aliphatic heterocycles. The number of fused-ring (bicyclic) bond motifs is 1. The van der Waals surface area contributed by atoms with Crippen LogP contribution in [0.2, 0.25) is 0 Å². The van der Waals surface area contributed by atoms with E-state index in [2.05, 4.69) is 0 Å². The number of aryl methyl sites for hydroxylation is 1. The maximum absolute atomic E-state index is 13.3. The molecule has 0 amide bonds. The highest BCUT2D eigenvalue weighted by atomic mass is 19.1. The average molecular weight is 211 g/mol. The number of hydrogen-bond donors (Lipinski definition) is 1. The third-order valence-electron chi connectivity index (χ3n) is 2.27. The van der Waals surface area contributed by atoms with E-state index < -0.39 is 17.6 Å². The molecule has 0 bridgehead atoms. The maximum atomic E-state index is 13.3. The lowest BCUT2D eigenvalue weighted by molar-refractivity contribution is 0.0687. The van der Waals surface area contributed by atoms with Crippen LogP contribution in [0.15, 0.2) is 18.2 Å². The molecule has 0 radical (unpaired) electrons. The van der Waals surface area contributed by atoms with E-state index in [-0.39, 0.29) is 16.6 Å². The van der Waals surface area contributed by atoms with Crippen molar-refractivity contribution in [3.05, 3.63) is 35.5 Å². The number of carbonyl (C=O) groups is 1. The van der Waals surface area contributed by atoms with Gasteiger partial charge in [-0.05, 0) is 12.1 Å². The van der Waals surface area contributed by atoms with Crippen molar-refractivity contribution in [1.29, 1.82) is 0 Å². The van der Waals surface area contributed by atoms with Gasteiger partial charge in [0.15, 0.2) is 0 Å². The first-order valence-electron chi connectivity index (χ1n) is 4.18. The van der Waals surface area contributed by atoms with Gasteiger partial charge >= 0.3 is 5.97 Å². The summed E-state index contributed by atoms with van der Waals surface area (Å²) in [5.41, 5.74) is 0.0169. The molecule has 1 heterocycles. The molecule has 15 heavy (non-hydrogen) atoms. The van der Waals surface area contributed by atoms with Crippen LogP contribution >= 0.6 is 0 Å². The van der Waals surface area contributed by atoms with Gasteiger partial charge in [-0.3, -0.25) is 0 Å². The van der Waals surface area contributed by atoms with Crippen molar-refractivity contribution in [3.63, 3.8) is 0 Å². The first kappa shape index (κ1) is 9.64. The highest BCUT2D eigenvalue weighted by molar-refractivity contribution is 5.94. The largest absolute Gasteiger partial charge is 0.477 e. The minimum atomic E-state index is -1.17. The zero-order valence-electron chi connectivity index (χ0n) is 7.79. The van der Waals surface area contributed by atoms with Gasteiger partial charge in [-0.15, -0.1) is 0 Å². The van der Waals surface area contributed by atoms with Crippen molar-refractivity contribution < 1.29 is 18.7 Å². The van der Waals surface area contributed by atoms with E-state index in [4.69, 9.17) is 5.11 Å². The van der Waals surface area contributed by atoms with E-state index in [1.807, 2.05) is 0 Å². The van der Waals surface area contributed by atoms with Crippen molar-refractivity contribution in [2.24, 2.45) is 7.05 Å². The molecule has 0 fully saturated rings. The molecule has 0 spiro atoms. The standard InChI is InChI=1S/C10H7F2NO2/c1-13-8(10(14)15)3-5-2-6(11)4-7(12)9(5)13/h2-4H,1H3,(H,14,15). The summed E-state index contributed by atoms with van der Waals surface area (Å²) in [4.78, 5) is 10.8. The summed E-state index contributed by atoms with van der Waals surface area (Å²) >= 11 is 0. The van der Waals surface area contributed by atoms with Crippen LogP contribution in [0.5, 0.6) is 0 Å². The molecule has 0 aliphatic rings. The molecule has 5 heteroatoms. The van der Waals surface area contributed by atoms with Crippen LogP contribution < -0.4 is 0 Å². The summed E-state index contributed by atoms with van der Waals surface area (Å²) in [6.07, 6.45) is 0. The monoisotopic (exact) mass is 211 g/mol. The Morgan fingerprint density at radius 3 is 2.60 bits per heavy atom. The van der Waals surface area contributed by atoms with Crippen LogP contribution in [0.4, 0.5) is 8.78 Å². The summed E-state index contributed by atoms with van der Waals surface area (Å²) in [5, 5.41) is 9.03. The van der Waals surface area contributed by atoms with Crippen LogP contribution in [-0.4, -0.2) is 15.6 Å². The summed E-state index contributed by atoms with van der Waals surface area (Å²) in [7, 11) is 1.42. The van der Waals surface area contributed by atoms with Gasteiger partial charge in [0, 0.05) is 18.5 Å². The van der Waals surface area contributed by atoms with Crippen molar-refractivity contribution in [2.45, 2.75) is 0 Å². The summed E-state index contributed by atoms with van der Waals surface area (Å²) in [6.45, 7) is 0. The highest BCUT2D eigenvalue weighted by Gasteiger charge is 2.15. The van der Waals surface area contributed by atoms with E-state index >= 15 is 0 Å². The minimum absolute atomic E-state index is 0.0745. The van der Waals surface area contributed by atoms with Crippen molar-refractivity contribution in [3.8, 4) is 0 Å². The van der Waals surface area contributed by atoms with E-state index in [0.29, 0.717) is 0 Å². The number of rotatable bonds is 1. The Kier molecular flexibility index (Phi) is 1.96. The van der Waals surface area contributed by atoms with E-state index in [1.165, 1.54) is 17.7 Å². The number of nitrogens with zero attached hydrogens (tertiary/aromatic N) is 1. The summed E-state index contributed by atoms with van der Waals surface area (Å²) in [5.74, 6) is -2.66. The third-order valence-corrected chi connectivity index (χ3v) is 2.27. The highest BCUT2D eigenvalue weighted by Crippen LogP contribution is 2.22. The fraction of sp³-hybridized carbons (Fsp3) is 0.100. The lowest BCUT2D eigenvalue weighted by Crippen LogP contribution is -2.04. The molecule has 0 aliphatic carbocycles. The van der Waals surface area contributed by atoms with Crippen molar-refractivity contribution >= 4 is 16.9 Å². The fourth-order valence-corrected chi connectivity index (χ4v) is 1.62. The van der Waals surface area contributed by atoms with Crippen LogP contribution in [0.25, 0.3) is 10.9 Å². The molecule has 0 saturated heterocycles. The Morgan fingerprint density at radius 1 is 1.33 bits per heavy atom. The summed E-state index contributed by atoms with van der Waals surface area (Å²) in [6, 6.07) is 3.07. The van der Waals surface area contributed by atoms with Gasteiger partial charge in [0.05, 0.1) is 5.52 Å². The Balaban J connectivity index is 2.88. The van der Waals surface area contributed by atoms with Crippen LogP contribution in [0.1, 0.15) is 10.5 Å². The lowest BCUT2D eigenvalue weighted by atomic mass is 10.2. The first-order chi connectivity index (χ1) is 7.00. The van der Waals surface area contributed by atoms with Gasteiger partial charge in [-0.2, -0.15) is 0 Å². The summed E-state index contributed by atoms with van der Waals surface area (Å²) < 4.78 is 27.4. The molecule has 0 atom stereocenters. The van der Waals surface area contributed by atoms with Gasteiger partial charge < -0.3 is 9.67 Å². The number of aromatic nitrogens is 1. The number of hydrogen-bond acceptors (Lipinski definition) is 1. The Labute approximate surface area is 83.5 Å². The van der Waals surface area contributed by atoms with Gasteiger partial charge in [-0.1, -0.05) is 0 Å². The molecule has 2 rings (SSSR count). The van der Waals surface area contributed by atoms with E-state index in [1.54, 1.807) is 0 Å². The predicted octanol–water partition coefficient (Wildman–Crippen LogP) is 2.15. The predicted molar refractivity (Wildman–Crippen MR) is 49.8 cm³/mol. The molecule has 1 aromatic carbocycles. The average Bonchev–Trinajstić information content (AvgIpc) is 2.42. The second kappa shape index (κ2) is 3.05. The van der Waals surface area contributed by atoms with Crippen molar-refractivity contribution in [2.75, 3.05) is 0 Å². The fourth-order valence-electron chi connectivity index (χ4n) is 1.62. The van der Waals surface area contributed by atoms with Crippen LogP contribution in [0, 0.1) is 11.6 Å². The van der Waals surface area contributed by atoms with Crippen molar-refractivity contribution in [1.82, 2.24) is 4.57 Å². The lowest BCUT2D eigenvalue weighted by Gasteiger charge is -2.00. The molecule has 3 nitrogen and oxygen atoms in total. The molecule has 1 N–H and O–H groups in total. The number of benzene rings is 1. The number of aromatic carboxylic acids is 1. The molecule has 1 aromatic heterocycles. The van der Waals surface area contributed by atoms with Gasteiger partial charge in [0.2, 0.25) is 0 Å². The molecule has 78 valence electrons. The molecular weight excluding hydrogens is 204 g/mol. The smallest absolute Gasteiger partial charge is 0.352 e. The van der Waals surface area contributed by atoms with Gasteiger partial charge in [0.25, 0.3) is 0 Å². The Hall–Kier alpha value is -1.91. The molecule has 2 aromatic rings. The second-order valence-corrected chi connectivity index (χ2v) is 3.22. The first-order valence-corrected chi connectivity index (χ1v) is 4.18. The number of halogens is 2. The topological polar surface area (TPSA) is 42.2 Å². The van der Waals surface area contributed by atoms with Crippen LogP contribution in [0.3, 0.4) is 0 Å².